The summed E-state index contributed by atoms with van der Waals surface area (Å²) < 4.78 is 0. The summed E-state index contributed by atoms with van der Waals surface area (Å²) in [5, 5.41) is 9.02. The lowest BCUT2D eigenvalue weighted by Gasteiger charge is -2.35. The summed E-state index contributed by atoms with van der Waals surface area (Å²) in [5.74, 6) is 0. The van der Waals surface area contributed by atoms with Gasteiger partial charge in [0.2, 0.25) is 0 Å². The van der Waals surface area contributed by atoms with Crippen molar-refractivity contribution in [3.63, 3.8) is 0 Å². The van der Waals surface area contributed by atoms with E-state index >= 15 is 0 Å². The van der Waals surface area contributed by atoms with Gasteiger partial charge in [0.05, 0.1) is 0 Å². The third kappa shape index (κ3) is 2.82. The van der Waals surface area contributed by atoms with Crippen molar-refractivity contribution >= 4 is 0 Å². The summed E-state index contributed by atoms with van der Waals surface area (Å²) in [4.78, 5) is 6.47. The minimum atomic E-state index is 0.454. The number of hydrogen-bond acceptors (Lipinski definition) is 4. The monoisotopic (exact) mass is 230 g/mol. The van der Waals surface area contributed by atoms with E-state index in [0.29, 0.717) is 18.3 Å². The van der Waals surface area contributed by atoms with Crippen molar-refractivity contribution in [1.29, 1.82) is 5.26 Å². The Morgan fingerprint density at radius 3 is 3.18 bits per heavy atom. The molecular formula is C13H18N4. The first-order valence-corrected chi connectivity index (χ1v) is 6.13. The number of hydrogen-bond donors (Lipinski definition) is 1. The molecule has 4 heteroatoms. The highest BCUT2D eigenvalue weighted by atomic mass is 15.2. The van der Waals surface area contributed by atoms with E-state index in [1.165, 1.54) is 19.3 Å². The molecule has 1 saturated heterocycles. The smallest absolute Gasteiger partial charge is 0.144 e. The number of pyridine rings is 1. The minimum absolute atomic E-state index is 0.454. The van der Waals surface area contributed by atoms with Crippen LogP contribution >= 0.6 is 0 Å². The third-order valence-electron chi connectivity index (χ3n) is 3.39. The van der Waals surface area contributed by atoms with Gasteiger partial charge in [0.15, 0.2) is 0 Å². The number of likely N-dealkylation sites (tertiary alicyclic amines) is 1. The van der Waals surface area contributed by atoms with Gasteiger partial charge in [-0.25, -0.2) is 4.98 Å². The molecule has 1 atom stereocenters. The van der Waals surface area contributed by atoms with Crippen molar-refractivity contribution in [2.24, 2.45) is 5.73 Å². The largest absolute Gasteiger partial charge is 0.329 e. The van der Waals surface area contributed by atoms with Crippen LogP contribution in [0.5, 0.6) is 0 Å². The Morgan fingerprint density at radius 2 is 2.41 bits per heavy atom. The number of nitrogens with zero attached hydrogens (tertiary/aromatic N) is 3. The van der Waals surface area contributed by atoms with Crippen molar-refractivity contribution in [3.05, 3.63) is 29.6 Å². The highest BCUT2D eigenvalue weighted by Crippen LogP contribution is 2.19. The van der Waals surface area contributed by atoms with Gasteiger partial charge in [-0.3, -0.25) is 4.90 Å². The first-order valence-electron chi connectivity index (χ1n) is 6.13. The summed E-state index contributed by atoms with van der Waals surface area (Å²) in [6, 6.07) is 6.47. The molecule has 0 aromatic carbocycles. The molecule has 1 aromatic heterocycles. The Labute approximate surface area is 102 Å². The number of aromatic nitrogens is 1. The molecule has 0 saturated carbocycles. The van der Waals surface area contributed by atoms with Crippen LogP contribution in [-0.2, 0) is 6.54 Å². The first-order chi connectivity index (χ1) is 8.35. The molecule has 17 heavy (non-hydrogen) atoms. The van der Waals surface area contributed by atoms with Crippen molar-refractivity contribution < 1.29 is 0 Å². The number of rotatable bonds is 3. The lowest BCUT2D eigenvalue weighted by molar-refractivity contribution is 0.144. The number of nitriles is 1. The van der Waals surface area contributed by atoms with Crippen LogP contribution in [0, 0.1) is 11.3 Å². The standard InChI is InChI=1S/C13H18N4/c14-8-12-5-1-2-7-17(12)10-11-4-3-6-16-13(11)9-15/h3-4,6,12H,1-2,5,7-8,10,14H2. The Morgan fingerprint density at radius 1 is 1.53 bits per heavy atom. The molecule has 2 rings (SSSR count). The van der Waals surface area contributed by atoms with Crippen LogP contribution in [0.3, 0.4) is 0 Å². The Hall–Kier alpha value is -1.44. The molecule has 2 N–H and O–H groups in total. The van der Waals surface area contributed by atoms with E-state index in [2.05, 4.69) is 16.0 Å². The Balaban J connectivity index is 2.11. The summed E-state index contributed by atoms with van der Waals surface area (Å²) in [6.07, 6.45) is 5.31. The molecular weight excluding hydrogens is 212 g/mol. The summed E-state index contributed by atoms with van der Waals surface area (Å²) in [5.41, 5.74) is 7.34. The molecule has 1 unspecified atom stereocenters. The molecule has 1 fully saturated rings. The topological polar surface area (TPSA) is 65.9 Å². The van der Waals surface area contributed by atoms with Crippen LogP contribution in [-0.4, -0.2) is 29.0 Å². The average molecular weight is 230 g/mol. The predicted octanol–water partition coefficient (Wildman–Crippen LogP) is 1.27. The average Bonchev–Trinajstić information content (AvgIpc) is 2.40. The van der Waals surface area contributed by atoms with E-state index in [9.17, 15) is 0 Å². The zero-order chi connectivity index (χ0) is 12.1. The minimum Gasteiger partial charge on any atom is -0.329 e. The highest BCUT2D eigenvalue weighted by Gasteiger charge is 2.21. The number of nitrogens with two attached hydrogens (primary N) is 1. The van der Waals surface area contributed by atoms with E-state index in [1.807, 2.05) is 12.1 Å². The maximum absolute atomic E-state index is 9.02. The van der Waals surface area contributed by atoms with Crippen molar-refractivity contribution in [2.45, 2.75) is 31.8 Å². The summed E-state index contributed by atoms with van der Waals surface area (Å²) in [7, 11) is 0. The highest BCUT2D eigenvalue weighted by molar-refractivity contribution is 5.30. The SMILES string of the molecule is N#Cc1ncccc1CN1CCCCC1CN. The lowest BCUT2D eigenvalue weighted by Crippen LogP contribution is -2.43. The predicted molar refractivity (Wildman–Crippen MR) is 66.1 cm³/mol. The quantitative estimate of drug-likeness (QED) is 0.849. The van der Waals surface area contributed by atoms with Crippen LogP contribution in [0.25, 0.3) is 0 Å². The molecule has 0 aliphatic carbocycles. The lowest BCUT2D eigenvalue weighted by atomic mass is 10.0. The van der Waals surface area contributed by atoms with E-state index in [4.69, 9.17) is 11.0 Å². The molecule has 4 nitrogen and oxygen atoms in total. The second kappa shape index (κ2) is 5.76. The zero-order valence-corrected chi connectivity index (χ0v) is 9.97. The fourth-order valence-corrected chi connectivity index (χ4v) is 2.42. The molecule has 90 valence electrons. The first kappa shape index (κ1) is 12.0. The van der Waals surface area contributed by atoms with Gasteiger partial charge < -0.3 is 5.73 Å². The second-order valence-electron chi connectivity index (χ2n) is 4.48. The number of piperidine rings is 1. The summed E-state index contributed by atoms with van der Waals surface area (Å²) >= 11 is 0. The maximum Gasteiger partial charge on any atom is 0.144 e. The van der Waals surface area contributed by atoms with Gasteiger partial charge in [-0.1, -0.05) is 12.5 Å². The van der Waals surface area contributed by atoms with Crippen LogP contribution in [0.15, 0.2) is 18.3 Å². The van der Waals surface area contributed by atoms with Gasteiger partial charge in [0, 0.05) is 30.9 Å². The van der Waals surface area contributed by atoms with E-state index in [1.54, 1.807) is 6.20 Å². The van der Waals surface area contributed by atoms with Crippen LogP contribution in [0.1, 0.15) is 30.5 Å². The molecule has 0 radical (unpaired) electrons. The third-order valence-corrected chi connectivity index (χ3v) is 3.39. The van der Waals surface area contributed by atoms with Crippen LogP contribution in [0.4, 0.5) is 0 Å². The second-order valence-corrected chi connectivity index (χ2v) is 4.48. The maximum atomic E-state index is 9.02. The van der Waals surface area contributed by atoms with E-state index in [0.717, 1.165) is 18.7 Å². The van der Waals surface area contributed by atoms with Crippen LogP contribution < -0.4 is 5.73 Å². The molecule has 0 amide bonds. The van der Waals surface area contributed by atoms with Gasteiger partial charge >= 0.3 is 0 Å². The molecule has 1 aliphatic heterocycles. The zero-order valence-electron chi connectivity index (χ0n) is 9.97. The van der Waals surface area contributed by atoms with Gasteiger partial charge in [0.1, 0.15) is 11.8 Å². The van der Waals surface area contributed by atoms with Gasteiger partial charge in [-0.2, -0.15) is 5.26 Å². The van der Waals surface area contributed by atoms with Gasteiger partial charge in [-0.05, 0) is 25.5 Å². The van der Waals surface area contributed by atoms with E-state index < -0.39 is 0 Å². The van der Waals surface area contributed by atoms with Crippen molar-refractivity contribution in [1.82, 2.24) is 9.88 Å². The van der Waals surface area contributed by atoms with Crippen molar-refractivity contribution in [2.75, 3.05) is 13.1 Å². The Kier molecular flexibility index (Phi) is 4.08. The molecule has 1 aromatic rings. The summed E-state index contributed by atoms with van der Waals surface area (Å²) in [6.45, 7) is 2.56. The normalized spacial score (nSPS) is 21.1. The van der Waals surface area contributed by atoms with E-state index in [-0.39, 0.29) is 0 Å². The van der Waals surface area contributed by atoms with Gasteiger partial charge in [0.25, 0.3) is 0 Å². The fraction of sp³-hybridized carbons (Fsp3) is 0.538. The van der Waals surface area contributed by atoms with Crippen molar-refractivity contribution in [3.8, 4) is 6.07 Å². The Bertz CT molecular complexity index is 410. The van der Waals surface area contributed by atoms with Gasteiger partial charge in [-0.15, -0.1) is 0 Å². The fourth-order valence-electron chi connectivity index (χ4n) is 2.42. The molecule has 0 bridgehead atoms. The molecule has 0 spiro atoms. The molecule has 2 heterocycles. The van der Waals surface area contributed by atoms with Crippen LogP contribution in [0.2, 0.25) is 0 Å². The molecule has 1 aliphatic rings.